The van der Waals surface area contributed by atoms with Gasteiger partial charge in [0, 0.05) is 37.4 Å². The zero-order valence-electron chi connectivity index (χ0n) is 21.1. The Bertz CT molecular complexity index is 1490. The van der Waals surface area contributed by atoms with Gasteiger partial charge in [-0.3, -0.25) is 4.79 Å². The molecule has 37 heavy (non-hydrogen) atoms. The van der Waals surface area contributed by atoms with E-state index >= 15 is 0 Å². The third-order valence-corrected chi connectivity index (χ3v) is 7.00. The number of rotatable bonds is 6. The molecule has 10 nitrogen and oxygen atoms in total. The maximum Gasteiger partial charge on any atom is 0.407 e. The second-order valence-electron chi connectivity index (χ2n) is 9.12. The number of H-pyrrole nitrogens is 1. The van der Waals surface area contributed by atoms with Gasteiger partial charge in [0.05, 0.1) is 24.1 Å². The summed E-state index contributed by atoms with van der Waals surface area (Å²) in [6.45, 7) is 5.69. The monoisotopic (exact) mass is 502 g/mol. The molecule has 5 rings (SSSR count). The molecule has 1 aliphatic heterocycles. The van der Waals surface area contributed by atoms with Crippen LogP contribution in [-0.4, -0.2) is 68.6 Å². The molecule has 0 atom stereocenters. The van der Waals surface area contributed by atoms with E-state index in [0.29, 0.717) is 40.4 Å². The molecule has 2 N–H and O–H groups in total. The van der Waals surface area contributed by atoms with E-state index < -0.39 is 6.09 Å². The van der Waals surface area contributed by atoms with Gasteiger partial charge in [-0.05, 0) is 51.0 Å². The van der Waals surface area contributed by atoms with Crippen LogP contribution in [0.25, 0.3) is 28.1 Å². The van der Waals surface area contributed by atoms with Crippen molar-refractivity contribution in [3.63, 3.8) is 0 Å². The second kappa shape index (κ2) is 9.96. The number of carboxylic acid groups (broad SMARTS) is 1. The fourth-order valence-corrected chi connectivity index (χ4v) is 5.10. The number of aromatic amines is 1. The van der Waals surface area contributed by atoms with Crippen LogP contribution in [0.5, 0.6) is 5.75 Å². The van der Waals surface area contributed by atoms with Gasteiger partial charge in [0.1, 0.15) is 17.1 Å². The van der Waals surface area contributed by atoms with Crippen molar-refractivity contribution in [3.8, 4) is 22.8 Å². The van der Waals surface area contributed by atoms with Crippen molar-refractivity contribution in [2.45, 2.75) is 32.7 Å². The van der Waals surface area contributed by atoms with Crippen molar-refractivity contribution in [3.05, 3.63) is 64.6 Å². The van der Waals surface area contributed by atoms with E-state index in [-0.39, 0.29) is 11.6 Å². The van der Waals surface area contributed by atoms with Crippen molar-refractivity contribution in [2.24, 2.45) is 0 Å². The molecule has 0 aliphatic carbocycles. The molecule has 3 heterocycles. The molecule has 0 radical (unpaired) electrons. The number of amides is 1. The molecule has 10 heteroatoms. The summed E-state index contributed by atoms with van der Waals surface area (Å²) in [6.07, 6.45) is 0.663. The lowest BCUT2D eigenvalue weighted by molar-refractivity contribution is 0.119. The fraction of sp³-hybridized carbons (Fsp3) is 0.333. The van der Waals surface area contributed by atoms with Crippen LogP contribution >= 0.6 is 0 Å². The molecule has 0 saturated carbocycles. The molecule has 0 spiro atoms. The molecule has 1 aliphatic rings. The fourth-order valence-electron chi connectivity index (χ4n) is 5.10. The summed E-state index contributed by atoms with van der Waals surface area (Å²) in [5, 5.41) is 14.0. The summed E-state index contributed by atoms with van der Waals surface area (Å²) < 4.78 is 7.32. The predicted molar refractivity (Wildman–Crippen MR) is 142 cm³/mol. The van der Waals surface area contributed by atoms with Crippen molar-refractivity contribution in [1.82, 2.24) is 24.6 Å². The molecule has 1 amide bonds. The Morgan fingerprint density at radius 2 is 1.89 bits per heavy atom. The summed E-state index contributed by atoms with van der Waals surface area (Å²) in [5.41, 5.74) is 3.76. The highest BCUT2D eigenvalue weighted by Gasteiger charge is 2.27. The van der Waals surface area contributed by atoms with Gasteiger partial charge in [0.25, 0.3) is 5.56 Å². The minimum absolute atomic E-state index is 0.0287. The molecular formula is C27H30N6O4. The largest absolute Gasteiger partial charge is 0.496 e. The molecule has 0 bridgehead atoms. The van der Waals surface area contributed by atoms with Crippen LogP contribution in [0.1, 0.15) is 25.5 Å². The normalized spacial score (nSPS) is 14.2. The Morgan fingerprint density at radius 3 is 2.54 bits per heavy atom. The van der Waals surface area contributed by atoms with E-state index in [2.05, 4.69) is 15.0 Å². The summed E-state index contributed by atoms with van der Waals surface area (Å²) in [6, 6.07) is 15.3. The number of hydrogen-bond donors (Lipinski definition) is 2. The van der Waals surface area contributed by atoms with E-state index in [9.17, 15) is 14.7 Å². The molecule has 2 aromatic heterocycles. The van der Waals surface area contributed by atoms with Gasteiger partial charge in [-0.1, -0.05) is 18.2 Å². The Balaban J connectivity index is 1.45. The minimum Gasteiger partial charge on any atom is -0.496 e. The number of anilines is 1. The highest BCUT2D eigenvalue weighted by molar-refractivity contribution is 5.81. The number of methoxy groups -OCH3 is 1. The van der Waals surface area contributed by atoms with E-state index in [1.165, 1.54) is 4.90 Å². The first-order chi connectivity index (χ1) is 17.9. The summed E-state index contributed by atoms with van der Waals surface area (Å²) in [5.74, 6) is 1.01. The smallest absolute Gasteiger partial charge is 0.407 e. The van der Waals surface area contributed by atoms with Crippen LogP contribution in [-0.2, 0) is 0 Å². The van der Waals surface area contributed by atoms with E-state index in [0.717, 1.165) is 37.3 Å². The molecule has 0 unspecified atom stereocenters. The van der Waals surface area contributed by atoms with Crippen LogP contribution in [0, 0.1) is 6.92 Å². The standard InChI is InChI=1S/C27H30N6O4/c1-4-32(27(35)36)18-12-14-31(15-13-18)20-10-11-21(22(16-20)37-3)25-28-23-17(2)30-33(24(23)26(34)29-25)19-8-6-5-7-9-19/h5-11,16,18H,4,12-15H2,1-3H3,(H,35,36)(H,28,29,34). The Kier molecular flexibility index (Phi) is 6.56. The number of carbonyl (C=O) groups is 1. The number of nitrogens with zero attached hydrogens (tertiary/aromatic N) is 5. The van der Waals surface area contributed by atoms with Crippen LogP contribution in [0.4, 0.5) is 10.5 Å². The average Bonchev–Trinajstić information content (AvgIpc) is 3.26. The topological polar surface area (TPSA) is 117 Å². The molecule has 1 fully saturated rings. The summed E-state index contributed by atoms with van der Waals surface area (Å²) in [4.78, 5) is 36.1. The number of para-hydroxylation sites is 1. The van der Waals surface area contributed by atoms with E-state index in [4.69, 9.17) is 9.72 Å². The number of nitrogens with one attached hydrogen (secondary N) is 1. The lowest BCUT2D eigenvalue weighted by Gasteiger charge is -2.38. The zero-order chi connectivity index (χ0) is 26.1. The molecular weight excluding hydrogens is 472 g/mol. The average molecular weight is 503 g/mol. The van der Waals surface area contributed by atoms with E-state index in [1.807, 2.05) is 62.4 Å². The van der Waals surface area contributed by atoms with Crippen LogP contribution in [0.15, 0.2) is 53.3 Å². The number of aromatic nitrogens is 4. The van der Waals surface area contributed by atoms with E-state index in [1.54, 1.807) is 11.8 Å². The number of aryl methyl sites for hydroxylation is 1. The number of fused-ring (bicyclic) bond motifs is 1. The lowest BCUT2D eigenvalue weighted by Crippen LogP contribution is -2.47. The van der Waals surface area contributed by atoms with Crippen LogP contribution in [0.2, 0.25) is 0 Å². The lowest BCUT2D eigenvalue weighted by atomic mass is 10.0. The highest BCUT2D eigenvalue weighted by atomic mass is 16.5. The van der Waals surface area contributed by atoms with Gasteiger partial charge in [-0.15, -0.1) is 0 Å². The third kappa shape index (κ3) is 4.50. The van der Waals surface area contributed by atoms with Crippen molar-refractivity contribution in [2.75, 3.05) is 31.6 Å². The van der Waals surface area contributed by atoms with Crippen LogP contribution < -0.4 is 15.2 Å². The summed E-state index contributed by atoms with van der Waals surface area (Å²) in [7, 11) is 1.59. The highest BCUT2D eigenvalue weighted by Crippen LogP contribution is 2.34. The van der Waals surface area contributed by atoms with Gasteiger partial charge >= 0.3 is 6.09 Å². The van der Waals surface area contributed by atoms with Gasteiger partial charge < -0.3 is 24.6 Å². The number of benzene rings is 2. The first kappa shape index (κ1) is 24.4. The van der Waals surface area contributed by atoms with Gasteiger partial charge in [0.15, 0.2) is 5.52 Å². The molecule has 2 aromatic carbocycles. The first-order valence-electron chi connectivity index (χ1n) is 12.4. The number of hydrogen-bond acceptors (Lipinski definition) is 6. The maximum absolute atomic E-state index is 13.2. The Morgan fingerprint density at radius 1 is 1.16 bits per heavy atom. The van der Waals surface area contributed by atoms with Gasteiger partial charge in [-0.2, -0.15) is 5.10 Å². The quantitative estimate of drug-likeness (QED) is 0.408. The number of ether oxygens (including phenoxy) is 1. The van der Waals surface area contributed by atoms with Crippen molar-refractivity contribution >= 4 is 22.8 Å². The minimum atomic E-state index is -0.866. The first-order valence-corrected chi connectivity index (χ1v) is 12.4. The summed E-state index contributed by atoms with van der Waals surface area (Å²) >= 11 is 0. The second-order valence-corrected chi connectivity index (χ2v) is 9.12. The van der Waals surface area contributed by atoms with Crippen LogP contribution in [0.3, 0.4) is 0 Å². The SMILES string of the molecule is CCN(C(=O)O)C1CCN(c2ccc(-c3nc4c(C)nn(-c5ccccc5)c4c(=O)[nH]3)c(OC)c2)CC1. The third-order valence-electron chi connectivity index (χ3n) is 7.00. The molecule has 1 saturated heterocycles. The number of piperidine rings is 1. The van der Waals surface area contributed by atoms with Gasteiger partial charge in [-0.25, -0.2) is 14.5 Å². The Hall–Kier alpha value is -4.34. The van der Waals surface area contributed by atoms with Gasteiger partial charge in [0.2, 0.25) is 0 Å². The zero-order valence-corrected chi connectivity index (χ0v) is 21.1. The molecule has 4 aromatic rings. The van der Waals surface area contributed by atoms with Crippen molar-refractivity contribution in [1.29, 1.82) is 0 Å². The Labute approximate surface area is 214 Å². The van der Waals surface area contributed by atoms with Crippen molar-refractivity contribution < 1.29 is 14.6 Å². The maximum atomic E-state index is 13.2. The predicted octanol–water partition coefficient (Wildman–Crippen LogP) is 4.06. The molecule has 192 valence electrons.